The number of hydrogen-bond acceptors (Lipinski definition) is 7. The van der Waals surface area contributed by atoms with Crippen molar-refractivity contribution in [3.63, 3.8) is 0 Å². The largest absolute Gasteiger partial charge is 0.365 e. The molecule has 1 aliphatic rings. The third-order valence-corrected chi connectivity index (χ3v) is 5.36. The van der Waals surface area contributed by atoms with Gasteiger partial charge in [0.1, 0.15) is 11.6 Å². The molecule has 1 amide bonds. The molecule has 0 radical (unpaired) electrons. The molecule has 0 spiro atoms. The highest BCUT2D eigenvalue weighted by Gasteiger charge is 2.27. The monoisotopic (exact) mass is 391 g/mol. The number of aryl methyl sites for hydroxylation is 1. The molecule has 1 fully saturated rings. The van der Waals surface area contributed by atoms with Gasteiger partial charge in [0.15, 0.2) is 0 Å². The molecule has 1 saturated heterocycles. The second-order valence-corrected chi connectivity index (χ2v) is 7.61. The van der Waals surface area contributed by atoms with E-state index in [0.717, 1.165) is 53.2 Å². The van der Waals surface area contributed by atoms with Crippen LogP contribution in [0.2, 0.25) is 0 Å². The summed E-state index contributed by atoms with van der Waals surface area (Å²) in [5, 5.41) is 5.69. The average molecular weight is 391 g/mol. The van der Waals surface area contributed by atoms with E-state index < -0.39 is 0 Å². The van der Waals surface area contributed by atoms with E-state index in [2.05, 4.69) is 30.2 Å². The van der Waals surface area contributed by atoms with Crippen LogP contribution >= 0.6 is 0 Å². The molecule has 3 aromatic rings. The molecule has 0 aromatic carbocycles. The van der Waals surface area contributed by atoms with E-state index in [9.17, 15) is 4.79 Å². The third kappa shape index (κ3) is 3.70. The summed E-state index contributed by atoms with van der Waals surface area (Å²) < 4.78 is 0. The van der Waals surface area contributed by atoms with Crippen molar-refractivity contribution in [3.8, 4) is 0 Å². The number of fused-ring (bicyclic) bond motifs is 1. The van der Waals surface area contributed by atoms with Crippen LogP contribution in [-0.2, 0) is 0 Å². The van der Waals surface area contributed by atoms with Crippen molar-refractivity contribution in [2.75, 3.05) is 37.4 Å². The molecule has 8 heteroatoms. The number of hydrogen-bond donors (Lipinski definition) is 1. The highest BCUT2D eigenvalue weighted by molar-refractivity contribution is 5.91. The first-order chi connectivity index (χ1) is 13.9. The summed E-state index contributed by atoms with van der Waals surface area (Å²) in [4.78, 5) is 33.8. The lowest BCUT2D eigenvalue weighted by Crippen LogP contribution is -2.30. The molecule has 0 aliphatic carbocycles. The van der Waals surface area contributed by atoms with Gasteiger partial charge >= 0.3 is 0 Å². The van der Waals surface area contributed by atoms with Crippen LogP contribution in [0.1, 0.15) is 28.3 Å². The van der Waals surface area contributed by atoms with Crippen LogP contribution in [0.4, 0.5) is 11.6 Å². The number of pyridine rings is 2. The first-order valence-electron chi connectivity index (χ1n) is 9.71. The maximum atomic E-state index is 12.4. The third-order valence-electron chi connectivity index (χ3n) is 5.36. The maximum absolute atomic E-state index is 12.4. The Morgan fingerprint density at radius 1 is 1.21 bits per heavy atom. The van der Waals surface area contributed by atoms with Gasteiger partial charge in [0.05, 0.1) is 0 Å². The standard InChI is InChI=1S/C21H25N7O/c1-13-14(2)24-19(21(29)27(3)4)26-20(13)28-10-7-16(12-28)25-18-17-11-22-8-5-15(17)6-9-23-18/h5-6,8-9,11,16H,7,10,12H2,1-4H3,(H,23,25)/t16-/m1/s1. The number of carbonyl (C=O) groups excluding carboxylic acids is 1. The lowest BCUT2D eigenvalue weighted by molar-refractivity contribution is 0.0815. The van der Waals surface area contributed by atoms with Crippen molar-refractivity contribution < 1.29 is 4.79 Å². The van der Waals surface area contributed by atoms with Gasteiger partial charge in [0, 0.05) is 68.5 Å². The molecule has 29 heavy (non-hydrogen) atoms. The Labute approximate surface area is 170 Å². The lowest BCUT2D eigenvalue weighted by Gasteiger charge is -2.22. The Morgan fingerprint density at radius 2 is 2.00 bits per heavy atom. The second-order valence-electron chi connectivity index (χ2n) is 7.61. The van der Waals surface area contributed by atoms with Gasteiger partial charge in [-0.1, -0.05) is 0 Å². The molecule has 8 nitrogen and oxygen atoms in total. The van der Waals surface area contributed by atoms with Crippen molar-refractivity contribution in [2.45, 2.75) is 26.3 Å². The number of aromatic nitrogens is 4. The van der Waals surface area contributed by atoms with Gasteiger partial charge < -0.3 is 15.1 Å². The van der Waals surface area contributed by atoms with Crippen LogP contribution in [0.3, 0.4) is 0 Å². The maximum Gasteiger partial charge on any atom is 0.291 e. The zero-order valence-electron chi connectivity index (χ0n) is 17.2. The zero-order chi connectivity index (χ0) is 20.5. The van der Waals surface area contributed by atoms with E-state index in [1.165, 1.54) is 4.90 Å². The molecular formula is C21H25N7O. The van der Waals surface area contributed by atoms with Gasteiger partial charge in [-0.2, -0.15) is 0 Å². The van der Waals surface area contributed by atoms with Crippen molar-refractivity contribution in [3.05, 3.63) is 47.8 Å². The van der Waals surface area contributed by atoms with Crippen LogP contribution in [0.25, 0.3) is 10.8 Å². The Balaban J connectivity index is 1.56. The van der Waals surface area contributed by atoms with Gasteiger partial charge in [-0.3, -0.25) is 9.78 Å². The topological polar surface area (TPSA) is 87.1 Å². The van der Waals surface area contributed by atoms with Crippen molar-refractivity contribution in [2.24, 2.45) is 0 Å². The second kappa shape index (κ2) is 7.62. The Kier molecular flexibility index (Phi) is 5.00. The van der Waals surface area contributed by atoms with Gasteiger partial charge in [0.25, 0.3) is 5.91 Å². The van der Waals surface area contributed by atoms with Crippen LogP contribution in [0.5, 0.6) is 0 Å². The highest BCUT2D eigenvalue weighted by atomic mass is 16.2. The van der Waals surface area contributed by atoms with Crippen molar-refractivity contribution in [1.82, 2.24) is 24.8 Å². The van der Waals surface area contributed by atoms with Gasteiger partial charge in [-0.05, 0) is 37.8 Å². The molecule has 1 N–H and O–H groups in total. The van der Waals surface area contributed by atoms with E-state index in [-0.39, 0.29) is 17.8 Å². The first kappa shape index (κ1) is 19.0. The fourth-order valence-electron chi connectivity index (χ4n) is 3.61. The van der Waals surface area contributed by atoms with Crippen LogP contribution < -0.4 is 10.2 Å². The smallest absolute Gasteiger partial charge is 0.291 e. The van der Waals surface area contributed by atoms with E-state index in [4.69, 9.17) is 0 Å². The van der Waals surface area contributed by atoms with Gasteiger partial charge in [-0.25, -0.2) is 15.0 Å². The predicted octanol–water partition coefficient (Wildman–Crippen LogP) is 2.43. The minimum Gasteiger partial charge on any atom is -0.365 e. The molecule has 1 atom stereocenters. The molecule has 1 aliphatic heterocycles. The molecule has 3 aromatic heterocycles. The molecule has 150 valence electrons. The molecule has 0 unspecified atom stereocenters. The number of rotatable bonds is 4. The highest BCUT2D eigenvalue weighted by Crippen LogP contribution is 2.27. The lowest BCUT2D eigenvalue weighted by atomic mass is 10.2. The summed E-state index contributed by atoms with van der Waals surface area (Å²) >= 11 is 0. The minimum absolute atomic E-state index is 0.185. The minimum atomic E-state index is -0.185. The number of anilines is 2. The normalized spacial score (nSPS) is 16.3. The van der Waals surface area contributed by atoms with Gasteiger partial charge in [-0.15, -0.1) is 0 Å². The summed E-state index contributed by atoms with van der Waals surface area (Å²) in [7, 11) is 3.42. The number of amides is 1. The first-order valence-corrected chi connectivity index (χ1v) is 9.71. The van der Waals surface area contributed by atoms with E-state index in [0.29, 0.717) is 0 Å². The summed E-state index contributed by atoms with van der Waals surface area (Å²) in [6.45, 7) is 5.57. The van der Waals surface area contributed by atoms with Crippen molar-refractivity contribution >= 4 is 28.3 Å². The van der Waals surface area contributed by atoms with E-state index >= 15 is 0 Å². The predicted molar refractivity (Wildman–Crippen MR) is 113 cm³/mol. The van der Waals surface area contributed by atoms with Crippen molar-refractivity contribution in [1.29, 1.82) is 0 Å². The SMILES string of the molecule is Cc1nc(C(=O)N(C)C)nc(N2CC[C@@H](Nc3nccc4ccncc34)C2)c1C. The Morgan fingerprint density at radius 3 is 2.79 bits per heavy atom. The number of nitrogens with one attached hydrogen (secondary N) is 1. The van der Waals surface area contributed by atoms with E-state index in [1.54, 1.807) is 20.3 Å². The number of nitrogens with zero attached hydrogens (tertiary/aromatic N) is 6. The fraction of sp³-hybridized carbons (Fsp3) is 0.381. The zero-order valence-corrected chi connectivity index (χ0v) is 17.2. The molecule has 4 heterocycles. The molecule has 0 saturated carbocycles. The molecule has 4 rings (SSSR count). The summed E-state index contributed by atoms with van der Waals surface area (Å²) in [6, 6.07) is 4.20. The molecular weight excluding hydrogens is 366 g/mol. The van der Waals surface area contributed by atoms with Crippen LogP contribution in [0.15, 0.2) is 30.7 Å². The van der Waals surface area contributed by atoms with Crippen LogP contribution in [0, 0.1) is 13.8 Å². The average Bonchev–Trinajstić information content (AvgIpc) is 3.18. The summed E-state index contributed by atoms with van der Waals surface area (Å²) in [5.74, 6) is 1.74. The summed E-state index contributed by atoms with van der Waals surface area (Å²) in [6.07, 6.45) is 6.40. The Hall–Kier alpha value is -3.29. The van der Waals surface area contributed by atoms with Gasteiger partial charge in [0.2, 0.25) is 5.82 Å². The molecule has 0 bridgehead atoms. The number of carbonyl (C=O) groups is 1. The summed E-state index contributed by atoms with van der Waals surface area (Å²) in [5.41, 5.74) is 1.84. The Bertz CT molecular complexity index is 1060. The fourth-order valence-corrected chi connectivity index (χ4v) is 3.61. The van der Waals surface area contributed by atoms with Crippen LogP contribution in [-0.4, -0.2) is 64.0 Å². The van der Waals surface area contributed by atoms with E-state index in [1.807, 2.05) is 38.4 Å². The quantitative estimate of drug-likeness (QED) is 0.731.